The van der Waals surface area contributed by atoms with Crippen LogP contribution in [0, 0.1) is 0 Å². The Labute approximate surface area is 563 Å². The molecule has 0 atom stereocenters. The zero-order valence-electron chi connectivity index (χ0n) is 52.9. The second-order valence-electron chi connectivity index (χ2n) is 23.4. The third kappa shape index (κ3) is 12.9. The zero-order chi connectivity index (χ0) is 66.0. The Kier molecular flexibility index (Phi) is 17.9. The largest absolute Gasteiger partial charge is 0.404 e. The number of benzene rings is 14. The number of para-hydroxylation sites is 8. The molecule has 10 heteroatoms. The molecule has 0 saturated heterocycles. The summed E-state index contributed by atoms with van der Waals surface area (Å²) in [6.07, 6.45) is -5.07. The van der Waals surface area contributed by atoms with Crippen molar-refractivity contribution < 1.29 is 17.6 Å². The van der Waals surface area contributed by atoms with Gasteiger partial charge < -0.3 is 29.4 Å². The molecule has 6 nitrogen and oxygen atoms in total. The van der Waals surface area contributed by atoms with Crippen LogP contribution in [0.3, 0.4) is 0 Å². The van der Waals surface area contributed by atoms with E-state index in [0.29, 0.717) is 11.4 Å². The highest BCUT2D eigenvalue weighted by atomic mass is 19.4. The van der Waals surface area contributed by atoms with E-state index in [1.807, 2.05) is 252 Å². The fourth-order valence-corrected chi connectivity index (χ4v) is 12.8. The Bertz CT molecular complexity index is 4060. The first-order valence-electron chi connectivity index (χ1n) is 32.2. The molecule has 472 valence electrons. The van der Waals surface area contributed by atoms with Crippen molar-refractivity contribution in [2.75, 3.05) is 36.1 Å². The number of hydrogen-bond acceptors (Lipinski definition) is 6. The minimum atomic E-state index is -5.07. The molecule has 0 aliphatic heterocycles. The molecule has 0 fully saturated rings. The summed E-state index contributed by atoms with van der Waals surface area (Å²) >= 11 is 0. The van der Waals surface area contributed by atoms with Gasteiger partial charge in [-0.25, -0.2) is 4.39 Å². The van der Waals surface area contributed by atoms with Crippen molar-refractivity contribution >= 4 is 102 Å². The number of hydrogen-bond donors (Lipinski definition) is 0. The standard InChI is InChI=1S/C87H66F4N6/c88-65-86(87(89,90)91,66-41-45-76(46-42-66)96(82-57-49-78(50-58-82)92(68-25-9-1-10-26-68)69-27-11-2-12-28-69)83-59-51-79(52-60-83)93(70-29-13-3-14-30-70)71-31-15-4-16-32-71)67-43-47-77(48-44-67)97(84-61-53-80(54-62-84)94(72-33-17-5-18-34-72)73-35-19-6-20-36-73)85-63-55-81(56-64-85)95(74-37-21-7-22-38-74)75-39-23-8-24-40-75/h1-64H,65H2. The highest BCUT2D eigenvalue weighted by Crippen LogP contribution is 2.50. The maximum Gasteiger partial charge on any atom is 0.404 e. The molecule has 0 aliphatic carbocycles. The first-order valence-corrected chi connectivity index (χ1v) is 32.2. The molecule has 0 N–H and O–H groups in total. The van der Waals surface area contributed by atoms with Crippen LogP contribution in [0.1, 0.15) is 11.1 Å². The van der Waals surface area contributed by atoms with Gasteiger partial charge in [0.1, 0.15) is 12.1 Å². The summed E-state index contributed by atoms with van der Waals surface area (Å²) in [7, 11) is 0. The Morgan fingerprint density at radius 3 is 0.392 bits per heavy atom. The summed E-state index contributed by atoms with van der Waals surface area (Å²) in [6.45, 7) is -1.74. The lowest BCUT2D eigenvalue weighted by atomic mass is 9.74. The Morgan fingerprint density at radius 2 is 0.278 bits per heavy atom. The molecule has 0 amide bonds. The average molecular weight is 1270 g/mol. The van der Waals surface area contributed by atoms with Crippen LogP contribution in [-0.2, 0) is 5.41 Å². The molecular weight excluding hydrogens is 1200 g/mol. The first-order chi connectivity index (χ1) is 47.7. The summed E-state index contributed by atoms with van der Waals surface area (Å²) < 4.78 is 65.7. The monoisotopic (exact) mass is 1270 g/mol. The van der Waals surface area contributed by atoms with Gasteiger partial charge in [0.2, 0.25) is 0 Å². The second kappa shape index (κ2) is 28.0. The predicted octanol–water partition coefficient (Wildman–Crippen LogP) is 25.3. The maximum absolute atomic E-state index is 16.4. The maximum atomic E-state index is 16.4. The van der Waals surface area contributed by atoms with Crippen LogP contribution in [-0.4, -0.2) is 12.9 Å². The molecule has 0 saturated carbocycles. The van der Waals surface area contributed by atoms with Crippen LogP contribution in [0.15, 0.2) is 388 Å². The van der Waals surface area contributed by atoms with E-state index in [9.17, 15) is 0 Å². The fourth-order valence-electron chi connectivity index (χ4n) is 12.8. The van der Waals surface area contributed by atoms with E-state index >= 15 is 17.6 Å². The van der Waals surface area contributed by atoms with Gasteiger partial charge in [0.15, 0.2) is 0 Å². The topological polar surface area (TPSA) is 19.4 Å². The molecule has 14 aromatic carbocycles. The molecule has 0 radical (unpaired) electrons. The lowest BCUT2D eigenvalue weighted by Gasteiger charge is -2.35. The van der Waals surface area contributed by atoms with Gasteiger partial charge in [-0.2, -0.15) is 13.2 Å². The van der Waals surface area contributed by atoms with Crippen LogP contribution in [0.5, 0.6) is 0 Å². The molecular formula is C87H66F4N6. The highest BCUT2D eigenvalue weighted by Gasteiger charge is 2.57. The summed E-state index contributed by atoms with van der Waals surface area (Å²) in [5, 5.41) is 0. The molecule has 14 aromatic rings. The summed E-state index contributed by atoms with van der Waals surface area (Å²) in [5.41, 5.74) is 12.0. The molecule has 14 rings (SSSR count). The van der Waals surface area contributed by atoms with E-state index in [-0.39, 0.29) is 11.1 Å². The van der Waals surface area contributed by atoms with Crippen LogP contribution in [0.2, 0.25) is 0 Å². The molecule has 0 spiro atoms. The minimum Gasteiger partial charge on any atom is -0.311 e. The quantitative estimate of drug-likeness (QED) is 0.0663. The van der Waals surface area contributed by atoms with Crippen molar-refractivity contribution in [1.82, 2.24) is 0 Å². The lowest BCUT2D eigenvalue weighted by molar-refractivity contribution is -0.182. The fraction of sp³-hybridized carbons (Fsp3) is 0.0345. The average Bonchev–Trinajstić information content (AvgIpc) is 0.745. The van der Waals surface area contributed by atoms with Gasteiger partial charge in [-0.1, -0.05) is 170 Å². The van der Waals surface area contributed by atoms with Gasteiger partial charge in [-0.15, -0.1) is 0 Å². The lowest BCUT2D eigenvalue weighted by Crippen LogP contribution is -2.45. The smallest absolute Gasteiger partial charge is 0.311 e. The normalized spacial score (nSPS) is 11.3. The van der Waals surface area contributed by atoms with E-state index in [2.05, 4.69) is 117 Å². The van der Waals surface area contributed by atoms with Crippen molar-refractivity contribution in [3.05, 3.63) is 399 Å². The number of nitrogens with zero attached hydrogens (tertiary/aromatic N) is 6. The number of rotatable bonds is 21. The number of halogens is 4. The van der Waals surface area contributed by atoms with Crippen LogP contribution in [0.25, 0.3) is 0 Å². The van der Waals surface area contributed by atoms with Crippen LogP contribution >= 0.6 is 0 Å². The predicted molar refractivity (Wildman–Crippen MR) is 394 cm³/mol. The summed E-state index contributed by atoms with van der Waals surface area (Å²) in [5.74, 6) is 0. The third-order valence-electron chi connectivity index (χ3n) is 17.5. The molecule has 0 aromatic heterocycles. The van der Waals surface area contributed by atoms with Crippen LogP contribution in [0.4, 0.5) is 120 Å². The van der Waals surface area contributed by atoms with Crippen molar-refractivity contribution in [3.8, 4) is 0 Å². The molecule has 0 aliphatic rings. The van der Waals surface area contributed by atoms with Crippen molar-refractivity contribution in [3.63, 3.8) is 0 Å². The van der Waals surface area contributed by atoms with E-state index in [1.165, 1.54) is 24.3 Å². The zero-order valence-corrected chi connectivity index (χ0v) is 52.9. The van der Waals surface area contributed by atoms with Crippen molar-refractivity contribution in [2.45, 2.75) is 11.6 Å². The SMILES string of the molecule is FCC(c1ccc(N(c2ccc(N(c3ccccc3)c3ccccc3)cc2)c2ccc(N(c3ccccc3)c3ccccc3)cc2)cc1)(c1ccc(N(c2ccc(N(c3ccccc3)c3ccccc3)cc2)c2ccc(N(c3ccccc3)c3ccccc3)cc2)cc1)C(F)(F)F. The molecule has 97 heavy (non-hydrogen) atoms. The van der Waals surface area contributed by atoms with Gasteiger partial charge in [-0.3, -0.25) is 0 Å². The number of anilines is 18. The van der Waals surface area contributed by atoms with Gasteiger partial charge in [0, 0.05) is 102 Å². The third-order valence-corrected chi connectivity index (χ3v) is 17.5. The van der Waals surface area contributed by atoms with Gasteiger partial charge >= 0.3 is 6.18 Å². The van der Waals surface area contributed by atoms with Gasteiger partial charge in [0.25, 0.3) is 0 Å². The Balaban J connectivity index is 0.841. The summed E-state index contributed by atoms with van der Waals surface area (Å²) in [4.78, 5) is 12.7. The molecule has 0 heterocycles. The Hall–Kier alpha value is -12.4. The van der Waals surface area contributed by atoms with E-state index in [4.69, 9.17) is 0 Å². The van der Waals surface area contributed by atoms with Gasteiger partial charge in [0.05, 0.1) is 0 Å². The second-order valence-corrected chi connectivity index (χ2v) is 23.4. The van der Waals surface area contributed by atoms with E-state index < -0.39 is 18.3 Å². The van der Waals surface area contributed by atoms with E-state index in [0.717, 1.165) is 91.0 Å². The van der Waals surface area contributed by atoms with Crippen molar-refractivity contribution in [1.29, 1.82) is 0 Å². The minimum absolute atomic E-state index is 0.238. The molecule has 0 unspecified atom stereocenters. The highest BCUT2D eigenvalue weighted by molar-refractivity contribution is 5.86. The van der Waals surface area contributed by atoms with E-state index in [1.54, 1.807) is 24.3 Å². The number of alkyl halides is 4. The van der Waals surface area contributed by atoms with Gasteiger partial charge in [-0.05, 0) is 230 Å². The first kappa shape index (κ1) is 62.1. The van der Waals surface area contributed by atoms with Crippen molar-refractivity contribution in [2.24, 2.45) is 0 Å². The summed E-state index contributed by atoms with van der Waals surface area (Å²) in [6, 6.07) is 126. The van der Waals surface area contributed by atoms with Crippen LogP contribution < -0.4 is 29.4 Å². The molecule has 0 bridgehead atoms. The Morgan fingerprint density at radius 1 is 0.165 bits per heavy atom.